The first-order valence-electron chi connectivity index (χ1n) is 5.96. The molecule has 0 amide bonds. The highest BCUT2D eigenvalue weighted by Crippen LogP contribution is 2.24. The van der Waals surface area contributed by atoms with Crippen molar-refractivity contribution < 1.29 is 4.74 Å². The average molecular weight is 369 g/mol. The van der Waals surface area contributed by atoms with E-state index in [9.17, 15) is 0 Å². The van der Waals surface area contributed by atoms with Gasteiger partial charge in [0.25, 0.3) is 0 Å². The second-order valence-corrected chi connectivity index (χ2v) is 5.26. The standard InChI is InChI=1S/C14H16IN3O/c1-9-12(15)14(16-2)18-13(17-9)11-6-4-5-10(7-11)8-19-3/h4-7H,8H2,1-3H3,(H,16,17,18). The van der Waals surface area contributed by atoms with E-state index in [2.05, 4.69) is 43.9 Å². The lowest BCUT2D eigenvalue weighted by Gasteiger charge is -2.09. The third-order valence-corrected chi connectivity index (χ3v) is 4.04. The number of aryl methyl sites for hydroxylation is 1. The SMILES string of the molecule is CNc1nc(-c2cccc(COC)c2)nc(C)c1I. The summed E-state index contributed by atoms with van der Waals surface area (Å²) in [5.74, 6) is 1.60. The van der Waals surface area contributed by atoms with Gasteiger partial charge in [-0.1, -0.05) is 18.2 Å². The molecule has 0 unspecified atom stereocenters. The molecule has 0 aliphatic carbocycles. The minimum Gasteiger partial charge on any atom is -0.380 e. The third-order valence-electron chi connectivity index (χ3n) is 2.75. The highest BCUT2D eigenvalue weighted by molar-refractivity contribution is 14.1. The Morgan fingerprint density at radius 2 is 2.11 bits per heavy atom. The number of benzene rings is 1. The van der Waals surface area contributed by atoms with E-state index in [1.54, 1.807) is 7.11 Å². The molecule has 2 rings (SSSR count). The van der Waals surface area contributed by atoms with E-state index in [1.807, 2.05) is 32.2 Å². The molecule has 0 atom stereocenters. The van der Waals surface area contributed by atoms with E-state index in [-0.39, 0.29) is 0 Å². The quantitative estimate of drug-likeness (QED) is 0.841. The molecule has 0 aliphatic rings. The summed E-state index contributed by atoms with van der Waals surface area (Å²) < 4.78 is 6.20. The lowest BCUT2D eigenvalue weighted by molar-refractivity contribution is 0.185. The normalized spacial score (nSPS) is 10.5. The Morgan fingerprint density at radius 1 is 1.32 bits per heavy atom. The van der Waals surface area contributed by atoms with Gasteiger partial charge in [-0.3, -0.25) is 0 Å². The van der Waals surface area contributed by atoms with E-state index < -0.39 is 0 Å². The largest absolute Gasteiger partial charge is 0.380 e. The molecule has 4 nitrogen and oxygen atoms in total. The van der Waals surface area contributed by atoms with E-state index >= 15 is 0 Å². The summed E-state index contributed by atoms with van der Waals surface area (Å²) in [6.07, 6.45) is 0. The van der Waals surface area contributed by atoms with Gasteiger partial charge in [-0.15, -0.1) is 0 Å². The highest BCUT2D eigenvalue weighted by Gasteiger charge is 2.10. The average Bonchev–Trinajstić information content (AvgIpc) is 2.42. The maximum Gasteiger partial charge on any atom is 0.161 e. The van der Waals surface area contributed by atoms with Crippen molar-refractivity contribution in [1.82, 2.24) is 9.97 Å². The van der Waals surface area contributed by atoms with Crippen LogP contribution in [-0.4, -0.2) is 24.1 Å². The maximum absolute atomic E-state index is 5.15. The van der Waals surface area contributed by atoms with Gasteiger partial charge in [0.1, 0.15) is 5.82 Å². The molecule has 100 valence electrons. The van der Waals surface area contributed by atoms with Crippen molar-refractivity contribution in [3.05, 3.63) is 39.1 Å². The van der Waals surface area contributed by atoms with E-state index in [0.717, 1.165) is 32.0 Å². The van der Waals surface area contributed by atoms with Crippen LogP contribution in [0.3, 0.4) is 0 Å². The van der Waals surface area contributed by atoms with Crippen molar-refractivity contribution in [2.24, 2.45) is 0 Å². The van der Waals surface area contributed by atoms with Crippen molar-refractivity contribution in [2.45, 2.75) is 13.5 Å². The van der Waals surface area contributed by atoms with Crippen LogP contribution in [0.1, 0.15) is 11.3 Å². The first-order valence-corrected chi connectivity index (χ1v) is 7.03. The van der Waals surface area contributed by atoms with Gasteiger partial charge in [-0.05, 0) is 41.1 Å². The smallest absolute Gasteiger partial charge is 0.161 e. The summed E-state index contributed by atoms with van der Waals surface area (Å²) in [5.41, 5.74) is 3.10. The van der Waals surface area contributed by atoms with Gasteiger partial charge in [0.2, 0.25) is 0 Å². The molecule has 1 N–H and O–H groups in total. The van der Waals surface area contributed by atoms with E-state index in [4.69, 9.17) is 4.74 Å². The number of nitrogens with zero attached hydrogens (tertiary/aromatic N) is 2. The van der Waals surface area contributed by atoms with Crippen LogP contribution in [0.15, 0.2) is 24.3 Å². The number of nitrogens with one attached hydrogen (secondary N) is 1. The van der Waals surface area contributed by atoms with Crippen LogP contribution in [0.5, 0.6) is 0 Å². The van der Waals surface area contributed by atoms with Gasteiger partial charge in [0, 0.05) is 19.7 Å². The van der Waals surface area contributed by atoms with Gasteiger partial charge in [-0.25, -0.2) is 9.97 Å². The van der Waals surface area contributed by atoms with Crippen LogP contribution in [0.4, 0.5) is 5.82 Å². The molecule has 1 aromatic heterocycles. The van der Waals surface area contributed by atoms with Gasteiger partial charge in [-0.2, -0.15) is 0 Å². The Balaban J connectivity index is 2.46. The summed E-state index contributed by atoms with van der Waals surface area (Å²) in [7, 11) is 3.56. The molecule has 0 saturated heterocycles. The van der Waals surface area contributed by atoms with Gasteiger partial charge >= 0.3 is 0 Å². The molecular formula is C14H16IN3O. The highest BCUT2D eigenvalue weighted by atomic mass is 127. The molecular weight excluding hydrogens is 353 g/mol. The summed E-state index contributed by atoms with van der Waals surface area (Å²) in [6.45, 7) is 2.59. The van der Waals surface area contributed by atoms with Crippen LogP contribution in [0.25, 0.3) is 11.4 Å². The number of aromatic nitrogens is 2. The molecule has 0 aliphatic heterocycles. The predicted molar refractivity (Wildman–Crippen MR) is 85.2 cm³/mol. The van der Waals surface area contributed by atoms with Crippen LogP contribution in [0, 0.1) is 10.5 Å². The summed E-state index contributed by atoms with van der Waals surface area (Å²) in [4.78, 5) is 9.11. The van der Waals surface area contributed by atoms with Crippen molar-refractivity contribution in [3.8, 4) is 11.4 Å². The Kier molecular flexibility index (Phi) is 4.71. The molecule has 0 saturated carbocycles. The lowest BCUT2D eigenvalue weighted by atomic mass is 10.1. The minimum atomic E-state index is 0.593. The molecule has 5 heteroatoms. The Hall–Kier alpha value is -1.21. The van der Waals surface area contributed by atoms with Gasteiger partial charge in [0.05, 0.1) is 15.9 Å². The number of methoxy groups -OCH3 is 1. The van der Waals surface area contributed by atoms with Crippen LogP contribution in [-0.2, 0) is 11.3 Å². The number of ether oxygens (including phenoxy) is 1. The second-order valence-electron chi connectivity index (χ2n) is 4.18. The Bertz CT molecular complexity index is 587. The fourth-order valence-corrected chi connectivity index (χ4v) is 2.33. The lowest BCUT2D eigenvalue weighted by Crippen LogP contribution is -2.03. The first-order chi connectivity index (χ1) is 9.15. The fraction of sp³-hybridized carbons (Fsp3) is 0.286. The third kappa shape index (κ3) is 3.22. The van der Waals surface area contributed by atoms with E-state index in [0.29, 0.717) is 6.61 Å². The number of rotatable bonds is 4. The molecule has 0 bridgehead atoms. The summed E-state index contributed by atoms with van der Waals surface area (Å²) in [6, 6.07) is 8.11. The van der Waals surface area contributed by atoms with Crippen LogP contribution < -0.4 is 5.32 Å². The van der Waals surface area contributed by atoms with Crippen molar-refractivity contribution in [2.75, 3.05) is 19.5 Å². The van der Waals surface area contributed by atoms with Crippen molar-refractivity contribution in [3.63, 3.8) is 0 Å². The van der Waals surface area contributed by atoms with Crippen molar-refractivity contribution in [1.29, 1.82) is 0 Å². The van der Waals surface area contributed by atoms with Crippen LogP contribution in [0.2, 0.25) is 0 Å². The topological polar surface area (TPSA) is 47.0 Å². The number of halogens is 1. The molecule has 0 radical (unpaired) electrons. The molecule has 19 heavy (non-hydrogen) atoms. The zero-order valence-electron chi connectivity index (χ0n) is 11.2. The first kappa shape index (κ1) is 14.2. The van der Waals surface area contributed by atoms with Crippen LogP contribution >= 0.6 is 22.6 Å². The summed E-state index contributed by atoms with van der Waals surface area (Å²) in [5, 5.41) is 3.10. The maximum atomic E-state index is 5.15. The van der Waals surface area contributed by atoms with Gasteiger partial charge in [0.15, 0.2) is 5.82 Å². The zero-order valence-corrected chi connectivity index (χ0v) is 13.4. The fourth-order valence-electron chi connectivity index (χ4n) is 1.82. The number of hydrogen-bond acceptors (Lipinski definition) is 4. The Labute approximate surface area is 126 Å². The van der Waals surface area contributed by atoms with E-state index in [1.165, 1.54) is 0 Å². The van der Waals surface area contributed by atoms with Crippen molar-refractivity contribution >= 4 is 28.4 Å². The summed E-state index contributed by atoms with van der Waals surface area (Å²) >= 11 is 2.25. The zero-order chi connectivity index (χ0) is 13.8. The number of hydrogen-bond donors (Lipinski definition) is 1. The predicted octanol–water partition coefficient (Wildman–Crippen LogP) is 3.24. The second kappa shape index (κ2) is 6.29. The number of anilines is 1. The minimum absolute atomic E-state index is 0.593. The monoisotopic (exact) mass is 369 g/mol. The molecule has 0 fully saturated rings. The van der Waals surface area contributed by atoms with Gasteiger partial charge < -0.3 is 10.1 Å². The molecule has 2 aromatic rings. The molecule has 1 aromatic carbocycles. The molecule has 0 spiro atoms. The Morgan fingerprint density at radius 3 is 2.79 bits per heavy atom. The molecule has 1 heterocycles.